The van der Waals surface area contributed by atoms with Crippen molar-refractivity contribution >= 4 is 44.6 Å². The van der Waals surface area contributed by atoms with Crippen LogP contribution in [0.15, 0.2) is 35.3 Å². The maximum atomic E-state index is 12.4. The molecule has 0 bridgehead atoms. The number of piperidine rings is 1. The van der Waals surface area contributed by atoms with Gasteiger partial charge in [0.15, 0.2) is 0 Å². The average Bonchev–Trinajstić information content (AvgIpc) is 3.33. The lowest BCUT2D eigenvalue weighted by Gasteiger charge is -2.32. The number of hydrogen-bond donors (Lipinski definition) is 1. The van der Waals surface area contributed by atoms with Crippen LogP contribution >= 0.6 is 22.7 Å². The Labute approximate surface area is 154 Å². The number of aromatic nitrogens is 2. The van der Waals surface area contributed by atoms with Crippen LogP contribution in [0, 0.1) is 5.92 Å². The van der Waals surface area contributed by atoms with Gasteiger partial charge in [0.25, 0.3) is 0 Å². The highest BCUT2D eigenvalue weighted by Crippen LogP contribution is 2.29. The average molecular weight is 373 g/mol. The third-order valence-electron chi connectivity index (χ3n) is 4.66. The third kappa shape index (κ3) is 3.67. The van der Waals surface area contributed by atoms with Crippen LogP contribution in [0.1, 0.15) is 17.7 Å². The first-order chi connectivity index (χ1) is 12.3. The van der Waals surface area contributed by atoms with Crippen molar-refractivity contribution in [2.75, 3.05) is 24.5 Å². The number of fused-ring (bicyclic) bond motifs is 1. The summed E-state index contributed by atoms with van der Waals surface area (Å²) < 4.78 is 0. The fourth-order valence-electron chi connectivity index (χ4n) is 3.29. The molecule has 130 valence electrons. The summed E-state index contributed by atoms with van der Waals surface area (Å²) in [7, 11) is 0. The van der Waals surface area contributed by atoms with Crippen LogP contribution in [0.2, 0.25) is 0 Å². The van der Waals surface area contributed by atoms with Gasteiger partial charge >= 0.3 is 0 Å². The molecule has 0 unspecified atom stereocenters. The van der Waals surface area contributed by atoms with Crippen LogP contribution in [0.5, 0.6) is 0 Å². The number of thiophene rings is 2. The largest absolute Gasteiger partial charge is 0.356 e. The molecule has 0 radical (unpaired) electrons. The summed E-state index contributed by atoms with van der Waals surface area (Å²) in [6, 6.07) is 6.25. The van der Waals surface area contributed by atoms with Crippen LogP contribution in [0.3, 0.4) is 0 Å². The van der Waals surface area contributed by atoms with Gasteiger partial charge < -0.3 is 10.2 Å². The SMILES string of the molecule is O=C(NCCc1cccs1)C1CCN(c2ncnc3sccc23)CC1. The molecule has 1 fully saturated rings. The molecule has 4 rings (SSSR count). The second-order valence-corrected chi connectivity index (χ2v) is 8.15. The van der Waals surface area contributed by atoms with Gasteiger partial charge in [-0.3, -0.25) is 4.79 Å². The maximum Gasteiger partial charge on any atom is 0.223 e. The van der Waals surface area contributed by atoms with Crippen molar-refractivity contribution in [3.05, 3.63) is 40.2 Å². The van der Waals surface area contributed by atoms with Gasteiger partial charge in [0.2, 0.25) is 5.91 Å². The molecular formula is C18H20N4OS2. The van der Waals surface area contributed by atoms with Gasteiger partial charge in [0, 0.05) is 30.4 Å². The summed E-state index contributed by atoms with van der Waals surface area (Å²) in [5.74, 6) is 1.31. The second kappa shape index (κ2) is 7.49. The van der Waals surface area contributed by atoms with Crippen molar-refractivity contribution in [1.82, 2.24) is 15.3 Å². The first kappa shape index (κ1) is 16.5. The molecule has 7 heteroatoms. The van der Waals surface area contributed by atoms with Crippen molar-refractivity contribution < 1.29 is 4.79 Å². The minimum Gasteiger partial charge on any atom is -0.356 e. The number of anilines is 1. The molecule has 0 aromatic carbocycles. The van der Waals surface area contributed by atoms with Gasteiger partial charge in [-0.25, -0.2) is 9.97 Å². The molecule has 1 saturated heterocycles. The van der Waals surface area contributed by atoms with E-state index in [1.165, 1.54) is 4.88 Å². The molecule has 4 heterocycles. The van der Waals surface area contributed by atoms with Crippen molar-refractivity contribution in [3.8, 4) is 0 Å². The molecule has 0 aliphatic carbocycles. The highest BCUT2D eigenvalue weighted by molar-refractivity contribution is 7.16. The first-order valence-corrected chi connectivity index (χ1v) is 10.3. The van der Waals surface area contributed by atoms with E-state index >= 15 is 0 Å². The predicted molar refractivity (Wildman–Crippen MR) is 103 cm³/mol. The molecular weight excluding hydrogens is 352 g/mol. The molecule has 1 aliphatic rings. The molecule has 25 heavy (non-hydrogen) atoms. The Kier molecular flexibility index (Phi) is 4.94. The summed E-state index contributed by atoms with van der Waals surface area (Å²) in [5.41, 5.74) is 0. The van der Waals surface area contributed by atoms with Crippen molar-refractivity contribution in [1.29, 1.82) is 0 Å². The van der Waals surface area contributed by atoms with Crippen LogP contribution < -0.4 is 10.2 Å². The molecule has 5 nitrogen and oxygen atoms in total. The van der Waals surface area contributed by atoms with Gasteiger partial charge in [-0.05, 0) is 42.2 Å². The highest BCUT2D eigenvalue weighted by Gasteiger charge is 2.26. The van der Waals surface area contributed by atoms with Gasteiger partial charge in [-0.15, -0.1) is 22.7 Å². The van der Waals surface area contributed by atoms with Gasteiger partial charge in [-0.1, -0.05) is 6.07 Å². The summed E-state index contributed by atoms with van der Waals surface area (Å²) in [6.07, 6.45) is 4.30. The number of nitrogens with one attached hydrogen (secondary N) is 1. The van der Waals surface area contributed by atoms with Gasteiger partial charge in [0.1, 0.15) is 17.0 Å². The Morgan fingerprint density at radius 1 is 1.20 bits per heavy atom. The topological polar surface area (TPSA) is 58.1 Å². The molecule has 0 atom stereocenters. The minimum absolute atomic E-state index is 0.111. The third-order valence-corrected chi connectivity index (χ3v) is 6.41. The number of hydrogen-bond acceptors (Lipinski definition) is 6. The zero-order valence-corrected chi connectivity index (χ0v) is 15.5. The Morgan fingerprint density at radius 3 is 2.88 bits per heavy atom. The lowest BCUT2D eigenvalue weighted by atomic mass is 9.95. The van der Waals surface area contributed by atoms with E-state index in [9.17, 15) is 4.79 Å². The number of rotatable bonds is 5. The van der Waals surface area contributed by atoms with Crippen LogP contribution in [-0.2, 0) is 11.2 Å². The first-order valence-electron chi connectivity index (χ1n) is 8.54. The maximum absolute atomic E-state index is 12.4. The Balaban J connectivity index is 1.30. The number of nitrogens with zero attached hydrogens (tertiary/aromatic N) is 3. The van der Waals surface area contributed by atoms with E-state index in [-0.39, 0.29) is 11.8 Å². The Morgan fingerprint density at radius 2 is 2.08 bits per heavy atom. The van der Waals surface area contributed by atoms with E-state index in [0.29, 0.717) is 0 Å². The van der Waals surface area contributed by atoms with Gasteiger partial charge in [0.05, 0.1) is 5.39 Å². The number of carbonyl (C=O) groups is 1. The molecule has 0 spiro atoms. The molecule has 0 saturated carbocycles. The quantitative estimate of drug-likeness (QED) is 0.746. The molecule has 1 N–H and O–H groups in total. The Bertz CT molecular complexity index is 838. The number of amides is 1. The zero-order chi connectivity index (χ0) is 17.1. The number of carbonyl (C=O) groups excluding carboxylic acids is 1. The summed E-state index contributed by atoms with van der Waals surface area (Å²) >= 11 is 3.38. The minimum atomic E-state index is 0.111. The van der Waals surface area contributed by atoms with Crippen molar-refractivity contribution in [2.45, 2.75) is 19.3 Å². The van der Waals surface area contributed by atoms with Crippen LogP contribution in [-0.4, -0.2) is 35.5 Å². The second-order valence-electron chi connectivity index (χ2n) is 6.22. The standard InChI is InChI=1S/C18H20N4OS2/c23-17(19-7-3-14-2-1-10-24-14)13-4-8-22(9-5-13)16-15-6-11-25-18(15)21-12-20-16/h1-2,6,10-13H,3-5,7-9H2,(H,19,23). The van der Waals surface area contributed by atoms with E-state index in [1.54, 1.807) is 29.0 Å². The summed E-state index contributed by atoms with van der Waals surface area (Å²) in [5, 5.41) is 8.34. The molecule has 1 amide bonds. The van der Waals surface area contributed by atoms with E-state index in [2.05, 4.69) is 49.1 Å². The lowest BCUT2D eigenvalue weighted by molar-refractivity contribution is -0.125. The van der Waals surface area contributed by atoms with Crippen LogP contribution in [0.4, 0.5) is 5.82 Å². The van der Waals surface area contributed by atoms with E-state index < -0.39 is 0 Å². The van der Waals surface area contributed by atoms with E-state index in [4.69, 9.17) is 0 Å². The fourth-order valence-corrected chi connectivity index (χ4v) is 4.73. The molecule has 1 aliphatic heterocycles. The molecule has 3 aromatic rings. The van der Waals surface area contributed by atoms with Gasteiger partial charge in [-0.2, -0.15) is 0 Å². The lowest BCUT2D eigenvalue weighted by Crippen LogP contribution is -2.41. The van der Waals surface area contributed by atoms with Crippen molar-refractivity contribution in [3.63, 3.8) is 0 Å². The molecule has 3 aromatic heterocycles. The monoisotopic (exact) mass is 372 g/mol. The fraction of sp³-hybridized carbons (Fsp3) is 0.389. The Hall–Kier alpha value is -1.99. The summed E-state index contributed by atoms with van der Waals surface area (Å²) in [4.78, 5) is 25.8. The van der Waals surface area contributed by atoms with E-state index in [1.807, 2.05) is 0 Å². The predicted octanol–water partition coefficient (Wildman–Crippen LogP) is 3.33. The smallest absolute Gasteiger partial charge is 0.223 e. The van der Waals surface area contributed by atoms with Crippen molar-refractivity contribution in [2.24, 2.45) is 5.92 Å². The van der Waals surface area contributed by atoms with Crippen LogP contribution in [0.25, 0.3) is 10.2 Å². The zero-order valence-electron chi connectivity index (χ0n) is 13.9. The normalized spacial score (nSPS) is 15.6. The highest BCUT2D eigenvalue weighted by atomic mass is 32.1. The van der Waals surface area contributed by atoms with E-state index in [0.717, 1.165) is 54.9 Å². The summed E-state index contributed by atoms with van der Waals surface area (Å²) in [6.45, 7) is 2.46.